The fourth-order valence-corrected chi connectivity index (χ4v) is 4.09. The molecule has 1 atom stereocenters. The van der Waals surface area contributed by atoms with Gasteiger partial charge in [0.2, 0.25) is 5.91 Å². The highest BCUT2D eigenvalue weighted by molar-refractivity contribution is 6.30. The van der Waals surface area contributed by atoms with E-state index in [1.807, 2.05) is 41.3 Å². The molecule has 1 aromatic carbocycles. The monoisotopic (exact) mass is 372 g/mol. The fraction of sp³-hybridized carbons (Fsp3) is 0.476. The van der Waals surface area contributed by atoms with Crippen molar-refractivity contribution in [3.63, 3.8) is 0 Å². The van der Waals surface area contributed by atoms with Gasteiger partial charge in [-0.3, -0.25) is 4.79 Å². The van der Waals surface area contributed by atoms with E-state index in [0.29, 0.717) is 12.8 Å². The minimum Gasteiger partial charge on any atom is -0.390 e. The van der Waals surface area contributed by atoms with Gasteiger partial charge < -0.3 is 15.0 Å². The number of hydrogen-bond donors (Lipinski definition) is 2. The van der Waals surface area contributed by atoms with E-state index in [2.05, 4.69) is 4.98 Å². The van der Waals surface area contributed by atoms with Crippen molar-refractivity contribution in [2.45, 2.75) is 44.1 Å². The summed E-state index contributed by atoms with van der Waals surface area (Å²) in [4.78, 5) is 17.9. The molecule has 0 spiro atoms. The van der Waals surface area contributed by atoms with Crippen molar-refractivity contribution in [2.24, 2.45) is 5.92 Å². The van der Waals surface area contributed by atoms with E-state index in [1.54, 1.807) is 0 Å². The van der Waals surface area contributed by atoms with E-state index in [9.17, 15) is 9.90 Å². The highest BCUT2D eigenvalue weighted by atomic mass is 35.5. The molecule has 26 heavy (non-hydrogen) atoms. The minimum atomic E-state index is -0.480. The first-order valence-electron chi connectivity index (χ1n) is 9.47. The number of benzene rings is 1. The number of carbonyl (C=O) groups is 1. The molecule has 4 nitrogen and oxygen atoms in total. The fourth-order valence-electron chi connectivity index (χ4n) is 3.96. The third-order valence-electron chi connectivity index (χ3n) is 5.81. The number of piperidine rings is 1. The largest absolute Gasteiger partial charge is 0.390 e. The summed E-state index contributed by atoms with van der Waals surface area (Å²) in [7, 11) is 0. The maximum absolute atomic E-state index is 12.6. The molecule has 0 radical (unpaired) electrons. The number of H-pyrrole nitrogens is 1. The minimum absolute atomic E-state index is 0.196. The lowest BCUT2D eigenvalue weighted by atomic mass is 9.90. The predicted octanol–water partition coefficient (Wildman–Crippen LogP) is 4.03. The molecule has 138 valence electrons. The highest BCUT2D eigenvalue weighted by Gasteiger charge is 2.48. The lowest BCUT2D eigenvalue weighted by Crippen LogP contribution is -2.44. The van der Waals surface area contributed by atoms with Gasteiger partial charge >= 0.3 is 0 Å². The van der Waals surface area contributed by atoms with Gasteiger partial charge in [0.15, 0.2) is 0 Å². The summed E-state index contributed by atoms with van der Waals surface area (Å²) in [5, 5.41) is 11.1. The SMILES string of the molecule is O=C(CCc1ccc(-c2ccc(Cl)cc2)[nH]1)N1CCCC(C2(O)CC2)C1. The maximum atomic E-state index is 12.6. The number of nitrogens with zero attached hydrogens (tertiary/aromatic N) is 1. The third kappa shape index (κ3) is 3.81. The van der Waals surface area contributed by atoms with E-state index < -0.39 is 5.60 Å². The molecular formula is C21H25ClN2O2. The van der Waals surface area contributed by atoms with Gasteiger partial charge in [0.25, 0.3) is 0 Å². The quantitative estimate of drug-likeness (QED) is 0.832. The van der Waals surface area contributed by atoms with Crippen LogP contribution in [0.3, 0.4) is 0 Å². The van der Waals surface area contributed by atoms with E-state index >= 15 is 0 Å². The standard InChI is InChI=1S/C21H25ClN2O2/c22-17-5-3-15(4-6-17)19-9-7-18(23-19)8-10-20(25)24-13-1-2-16(14-24)21(26)11-12-21/h3-7,9,16,23,26H,1-2,8,10-14H2. The molecule has 1 aromatic heterocycles. The first kappa shape index (κ1) is 17.6. The Morgan fingerprint density at radius 1 is 1.23 bits per heavy atom. The molecule has 1 aliphatic heterocycles. The number of hydrogen-bond acceptors (Lipinski definition) is 2. The molecule has 5 heteroatoms. The van der Waals surface area contributed by atoms with Gasteiger partial charge in [-0.25, -0.2) is 0 Å². The Balaban J connectivity index is 1.32. The molecule has 2 aromatic rings. The number of aryl methyl sites for hydroxylation is 1. The van der Waals surface area contributed by atoms with Crippen LogP contribution in [-0.4, -0.2) is 39.6 Å². The molecule has 1 unspecified atom stereocenters. The predicted molar refractivity (Wildman–Crippen MR) is 103 cm³/mol. The molecule has 2 fully saturated rings. The first-order valence-corrected chi connectivity index (χ1v) is 9.85. The Kier molecular flexibility index (Phi) is 4.80. The molecule has 0 bridgehead atoms. The van der Waals surface area contributed by atoms with Crippen molar-refractivity contribution >= 4 is 17.5 Å². The number of amides is 1. The summed E-state index contributed by atoms with van der Waals surface area (Å²) in [5.41, 5.74) is 2.71. The number of halogens is 1. The van der Waals surface area contributed by atoms with Crippen LogP contribution >= 0.6 is 11.6 Å². The number of nitrogens with one attached hydrogen (secondary N) is 1. The Labute approximate surface area is 159 Å². The normalized spacial score (nSPS) is 21.6. The van der Waals surface area contributed by atoms with Crippen molar-refractivity contribution in [1.29, 1.82) is 0 Å². The second-order valence-electron chi connectivity index (χ2n) is 7.69. The maximum Gasteiger partial charge on any atom is 0.222 e. The van der Waals surface area contributed by atoms with Gasteiger partial charge in [-0.15, -0.1) is 0 Å². The van der Waals surface area contributed by atoms with Crippen LogP contribution in [0.1, 0.15) is 37.8 Å². The zero-order chi connectivity index (χ0) is 18.1. The number of likely N-dealkylation sites (tertiary alicyclic amines) is 1. The zero-order valence-electron chi connectivity index (χ0n) is 14.9. The lowest BCUT2D eigenvalue weighted by molar-refractivity contribution is -0.134. The number of aromatic nitrogens is 1. The van der Waals surface area contributed by atoms with Crippen molar-refractivity contribution in [3.05, 3.63) is 47.1 Å². The van der Waals surface area contributed by atoms with Crippen LogP contribution in [0.15, 0.2) is 36.4 Å². The highest BCUT2D eigenvalue weighted by Crippen LogP contribution is 2.45. The van der Waals surface area contributed by atoms with Gasteiger partial charge in [0, 0.05) is 41.8 Å². The average molecular weight is 373 g/mol. The molecule has 2 aliphatic rings. The molecule has 1 aliphatic carbocycles. The lowest BCUT2D eigenvalue weighted by Gasteiger charge is -2.35. The van der Waals surface area contributed by atoms with E-state index in [-0.39, 0.29) is 11.8 Å². The number of carbonyl (C=O) groups excluding carboxylic acids is 1. The average Bonchev–Trinajstić information content (AvgIpc) is 3.24. The van der Waals surface area contributed by atoms with Crippen LogP contribution in [0.2, 0.25) is 5.02 Å². The zero-order valence-corrected chi connectivity index (χ0v) is 15.6. The van der Waals surface area contributed by atoms with Crippen LogP contribution in [-0.2, 0) is 11.2 Å². The first-order chi connectivity index (χ1) is 12.5. The summed E-state index contributed by atoms with van der Waals surface area (Å²) >= 11 is 5.94. The summed E-state index contributed by atoms with van der Waals surface area (Å²) < 4.78 is 0. The van der Waals surface area contributed by atoms with Gasteiger partial charge in [0.05, 0.1) is 5.60 Å². The van der Waals surface area contributed by atoms with E-state index in [1.165, 1.54) is 0 Å². The molecular weight excluding hydrogens is 348 g/mol. The molecule has 1 saturated heterocycles. The van der Waals surface area contributed by atoms with Crippen LogP contribution in [0.5, 0.6) is 0 Å². The van der Waals surface area contributed by atoms with Gasteiger partial charge in [0.1, 0.15) is 0 Å². The van der Waals surface area contributed by atoms with Crippen molar-refractivity contribution < 1.29 is 9.90 Å². The molecule has 4 rings (SSSR count). The van der Waals surface area contributed by atoms with Gasteiger partial charge in [-0.05, 0) is 61.9 Å². The Morgan fingerprint density at radius 2 is 2.00 bits per heavy atom. The van der Waals surface area contributed by atoms with Crippen LogP contribution in [0.4, 0.5) is 0 Å². The summed E-state index contributed by atoms with van der Waals surface area (Å²) in [6.45, 7) is 1.54. The smallest absolute Gasteiger partial charge is 0.222 e. The Hall–Kier alpha value is -1.78. The van der Waals surface area contributed by atoms with Crippen molar-refractivity contribution in [1.82, 2.24) is 9.88 Å². The number of aliphatic hydroxyl groups is 1. The van der Waals surface area contributed by atoms with Crippen molar-refractivity contribution in [2.75, 3.05) is 13.1 Å². The molecule has 1 amide bonds. The Bertz CT molecular complexity index is 780. The second kappa shape index (κ2) is 7.09. The van der Waals surface area contributed by atoms with Crippen LogP contribution in [0, 0.1) is 5.92 Å². The third-order valence-corrected chi connectivity index (χ3v) is 6.06. The molecule has 2 heterocycles. The van der Waals surface area contributed by atoms with Crippen LogP contribution < -0.4 is 0 Å². The molecule has 1 saturated carbocycles. The van der Waals surface area contributed by atoms with Crippen molar-refractivity contribution in [3.8, 4) is 11.3 Å². The van der Waals surface area contributed by atoms with Gasteiger partial charge in [-0.1, -0.05) is 23.7 Å². The summed E-state index contributed by atoms with van der Waals surface area (Å²) in [6, 6.07) is 11.8. The second-order valence-corrected chi connectivity index (χ2v) is 8.12. The van der Waals surface area contributed by atoms with E-state index in [0.717, 1.165) is 60.7 Å². The van der Waals surface area contributed by atoms with Crippen LogP contribution in [0.25, 0.3) is 11.3 Å². The topological polar surface area (TPSA) is 56.3 Å². The number of rotatable bonds is 5. The van der Waals surface area contributed by atoms with Gasteiger partial charge in [-0.2, -0.15) is 0 Å². The molecule has 2 N–H and O–H groups in total. The Morgan fingerprint density at radius 3 is 2.73 bits per heavy atom. The summed E-state index contributed by atoms with van der Waals surface area (Å²) in [6.07, 6.45) is 5.05. The number of aromatic amines is 1. The van der Waals surface area contributed by atoms with E-state index in [4.69, 9.17) is 11.6 Å². The summed E-state index contributed by atoms with van der Waals surface area (Å²) in [5.74, 6) is 0.462.